The molecule has 1 rings (SSSR count). The summed E-state index contributed by atoms with van der Waals surface area (Å²) in [5, 5.41) is 2.48. The molecule has 7 heteroatoms. The average Bonchev–Trinajstić information content (AvgIpc) is 2.23. The van der Waals surface area contributed by atoms with Gasteiger partial charge in [-0.2, -0.15) is 0 Å². The predicted octanol–water partition coefficient (Wildman–Crippen LogP) is 1.51. The number of carbonyl (C=O) groups is 3. The molecule has 0 aromatic carbocycles. The van der Waals surface area contributed by atoms with E-state index in [-0.39, 0.29) is 12.8 Å². The van der Waals surface area contributed by atoms with E-state index < -0.39 is 41.6 Å². The molecule has 1 saturated carbocycles. The van der Waals surface area contributed by atoms with E-state index in [0.29, 0.717) is 0 Å². The van der Waals surface area contributed by atoms with Gasteiger partial charge < -0.3 is 14.8 Å². The van der Waals surface area contributed by atoms with Crippen LogP contribution in [0, 0.1) is 0 Å². The van der Waals surface area contributed by atoms with Crippen molar-refractivity contribution in [1.29, 1.82) is 0 Å². The Labute approximate surface area is 117 Å². The molecule has 0 bridgehead atoms. The van der Waals surface area contributed by atoms with Crippen LogP contribution in [0.25, 0.3) is 0 Å². The fraction of sp³-hybridized carbons (Fsp3) is 0.769. The standard InChI is InChI=1S/C13H20FNO5/c1-12(2,3)20-11(18)15-8-6-13(14,7-8)9(16)5-10(17)19-4/h8H,5-7H2,1-4H3,(H,15,18). The summed E-state index contributed by atoms with van der Waals surface area (Å²) in [5.41, 5.74) is -2.70. The Morgan fingerprint density at radius 1 is 1.30 bits per heavy atom. The maximum atomic E-state index is 14.1. The second kappa shape index (κ2) is 5.76. The molecule has 0 aromatic heterocycles. The summed E-state index contributed by atoms with van der Waals surface area (Å²) in [7, 11) is 1.13. The number of esters is 1. The van der Waals surface area contributed by atoms with Gasteiger partial charge in [-0.05, 0) is 20.8 Å². The van der Waals surface area contributed by atoms with Gasteiger partial charge >= 0.3 is 12.1 Å². The number of ether oxygens (including phenoxy) is 2. The molecule has 1 N–H and O–H groups in total. The van der Waals surface area contributed by atoms with Crippen LogP contribution in [0.3, 0.4) is 0 Å². The lowest BCUT2D eigenvalue weighted by molar-refractivity contribution is -0.149. The number of hydrogen-bond donors (Lipinski definition) is 1. The van der Waals surface area contributed by atoms with Crippen LogP contribution < -0.4 is 5.32 Å². The summed E-state index contributed by atoms with van der Waals surface area (Å²) in [6.45, 7) is 5.14. The number of rotatable bonds is 4. The SMILES string of the molecule is COC(=O)CC(=O)C1(F)CC(NC(=O)OC(C)(C)C)C1. The Hall–Kier alpha value is -1.66. The van der Waals surface area contributed by atoms with Gasteiger partial charge in [-0.1, -0.05) is 0 Å². The Morgan fingerprint density at radius 2 is 1.85 bits per heavy atom. The number of hydrogen-bond acceptors (Lipinski definition) is 5. The lowest BCUT2D eigenvalue weighted by atomic mass is 9.74. The predicted molar refractivity (Wildman–Crippen MR) is 67.9 cm³/mol. The van der Waals surface area contributed by atoms with Crippen LogP contribution in [-0.4, -0.2) is 42.3 Å². The maximum absolute atomic E-state index is 14.1. The zero-order valence-electron chi connectivity index (χ0n) is 12.1. The van der Waals surface area contributed by atoms with Crippen molar-refractivity contribution in [2.24, 2.45) is 0 Å². The number of halogens is 1. The molecule has 0 radical (unpaired) electrons. The van der Waals surface area contributed by atoms with Crippen molar-refractivity contribution in [3.8, 4) is 0 Å². The van der Waals surface area contributed by atoms with Crippen molar-refractivity contribution in [1.82, 2.24) is 5.32 Å². The highest BCUT2D eigenvalue weighted by atomic mass is 19.1. The van der Waals surface area contributed by atoms with Crippen LogP contribution in [0.1, 0.15) is 40.0 Å². The summed E-state index contributed by atoms with van der Waals surface area (Å²) >= 11 is 0. The minimum absolute atomic E-state index is 0.151. The fourth-order valence-corrected chi connectivity index (χ4v) is 1.89. The topological polar surface area (TPSA) is 81.7 Å². The van der Waals surface area contributed by atoms with Gasteiger partial charge in [-0.3, -0.25) is 9.59 Å². The van der Waals surface area contributed by atoms with E-state index in [2.05, 4.69) is 10.1 Å². The first-order valence-electron chi connectivity index (χ1n) is 6.34. The van der Waals surface area contributed by atoms with Crippen molar-refractivity contribution >= 4 is 17.8 Å². The summed E-state index contributed by atoms with van der Waals surface area (Å²) in [5.74, 6) is -1.58. The summed E-state index contributed by atoms with van der Waals surface area (Å²) in [6.07, 6.45) is -1.54. The van der Waals surface area contributed by atoms with E-state index >= 15 is 0 Å². The number of ketones is 1. The highest BCUT2D eigenvalue weighted by Gasteiger charge is 2.51. The van der Waals surface area contributed by atoms with Gasteiger partial charge in [0.05, 0.1) is 7.11 Å². The molecule has 0 heterocycles. The quantitative estimate of drug-likeness (QED) is 0.626. The summed E-state index contributed by atoms with van der Waals surface area (Å²) in [4.78, 5) is 33.9. The number of alkyl carbamates (subject to hydrolysis) is 1. The molecule has 0 aliphatic heterocycles. The molecule has 0 saturated heterocycles. The smallest absolute Gasteiger partial charge is 0.407 e. The third-order valence-electron chi connectivity index (χ3n) is 2.89. The van der Waals surface area contributed by atoms with Crippen molar-refractivity contribution in [3.63, 3.8) is 0 Å². The first kappa shape index (κ1) is 16.4. The molecular weight excluding hydrogens is 269 g/mol. The zero-order chi connectivity index (χ0) is 15.6. The Morgan fingerprint density at radius 3 is 2.30 bits per heavy atom. The number of methoxy groups -OCH3 is 1. The van der Waals surface area contributed by atoms with Gasteiger partial charge in [0.2, 0.25) is 0 Å². The number of carbonyl (C=O) groups excluding carboxylic acids is 3. The number of alkyl halides is 1. The van der Waals surface area contributed by atoms with E-state index in [0.717, 1.165) is 7.11 Å². The molecule has 6 nitrogen and oxygen atoms in total. The lowest BCUT2D eigenvalue weighted by Crippen LogP contribution is -2.57. The van der Waals surface area contributed by atoms with Gasteiger partial charge in [0.1, 0.15) is 12.0 Å². The second-order valence-electron chi connectivity index (χ2n) is 5.89. The molecule has 0 aromatic rings. The van der Waals surface area contributed by atoms with Crippen molar-refractivity contribution in [3.05, 3.63) is 0 Å². The molecule has 1 fully saturated rings. The van der Waals surface area contributed by atoms with Crippen LogP contribution in [-0.2, 0) is 19.1 Å². The number of nitrogens with one attached hydrogen (secondary N) is 1. The highest BCUT2D eigenvalue weighted by Crippen LogP contribution is 2.38. The third kappa shape index (κ3) is 4.47. The molecular formula is C13H20FNO5. The zero-order valence-corrected chi connectivity index (χ0v) is 12.1. The average molecular weight is 289 g/mol. The van der Waals surface area contributed by atoms with Crippen LogP contribution in [0.2, 0.25) is 0 Å². The van der Waals surface area contributed by atoms with Crippen LogP contribution in [0.5, 0.6) is 0 Å². The Balaban J connectivity index is 2.39. The molecule has 1 amide bonds. The number of amides is 1. The van der Waals surface area contributed by atoms with Gasteiger partial charge in [0, 0.05) is 18.9 Å². The van der Waals surface area contributed by atoms with E-state index in [1.165, 1.54) is 0 Å². The molecule has 114 valence electrons. The highest BCUT2D eigenvalue weighted by molar-refractivity contribution is 6.01. The van der Waals surface area contributed by atoms with E-state index in [9.17, 15) is 18.8 Å². The molecule has 0 atom stereocenters. The molecule has 0 unspecified atom stereocenters. The van der Waals surface area contributed by atoms with E-state index in [4.69, 9.17) is 4.74 Å². The minimum Gasteiger partial charge on any atom is -0.469 e. The van der Waals surface area contributed by atoms with Crippen molar-refractivity contribution < 1.29 is 28.2 Å². The van der Waals surface area contributed by atoms with Crippen LogP contribution >= 0.6 is 0 Å². The largest absolute Gasteiger partial charge is 0.469 e. The van der Waals surface area contributed by atoms with Gasteiger partial charge in [-0.15, -0.1) is 0 Å². The Kier molecular flexibility index (Phi) is 4.73. The van der Waals surface area contributed by atoms with Gasteiger partial charge in [-0.25, -0.2) is 9.18 Å². The normalized spacial score (nSPS) is 25.4. The first-order chi connectivity index (χ1) is 9.05. The Bertz CT molecular complexity index is 409. The fourth-order valence-electron chi connectivity index (χ4n) is 1.89. The van der Waals surface area contributed by atoms with Crippen LogP contribution in [0.15, 0.2) is 0 Å². The lowest BCUT2D eigenvalue weighted by Gasteiger charge is -2.40. The second-order valence-corrected chi connectivity index (χ2v) is 5.89. The van der Waals surface area contributed by atoms with Gasteiger partial charge in [0.15, 0.2) is 11.5 Å². The van der Waals surface area contributed by atoms with E-state index in [1.54, 1.807) is 20.8 Å². The molecule has 1 aliphatic carbocycles. The number of Topliss-reactive ketones (excluding diaryl/α,β-unsaturated/α-hetero) is 1. The maximum Gasteiger partial charge on any atom is 0.407 e. The summed E-state index contributed by atoms with van der Waals surface area (Å²) in [6, 6.07) is -0.462. The third-order valence-corrected chi connectivity index (χ3v) is 2.89. The van der Waals surface area contributed by atoms with Crippen LogP contribution in [0.4, 0.5) is 9.18 Å². The molecule has 0 spiro atoms. The first-order valence-corrected chi connectivity index (χ1v) is 6.34. The van der Waals surface area contributed by atoms with E-state index in [1.807, 2.05) is 0 Å². The van der Waals surface area contributed by atoms with Gasteiger partial charge in [0.25, 0.3) is 0 Å². The van der Waals surface area contributed by atoms with Crippen molar-refractivity contribution in [2.75, 3.05) is 7.11 Å². The molecule has 20 heavy (non-hydrogen) atoms. The molecule has 1 aliphatic rings. The summed E-state index contributed by atoms with van der Waals surface area (Å²) < 4.78 is 23.4. The minimum atomic E-state index is -2.06. The van der Waals surface area contributed by atoms with Crippen molar-refractivity contribution in [2.45, 2.75) is 57.3 Å². The monoisotopic (exact) mass is 289 g/mol.